The van der Waals surface area contributed by atoms with E-state index in [1.807, 2.05) is 0 Å². The van der Waals surface area contributed by atoms with Crippen molar-refractivity contribution in [3.05, 3.63) is 76.0 Å². The summed E-state index contributed by atoms with van der Waals surface area (Å²) in [5.41, 5.74) is 2.24. The molecule has 0 saturated heterocycles. The van der Waals surface area contributed by atoms with Gasteiger partial charge in [0.05, 0.1) is 16.3 Å². The van der Waals surface area contributed by atoms with Gasteiger partial charge in [0.15, 0.2) is 0 Å². The van der Waals surface area contributed by atoms with Crippen LogP contribution in [0.25, 0.3) is 5.69 Å². The van der Waals surface area contributed by atoms with Gasteiger partial charge in [0.25, 0.3) is 11.6 Å². The van der Waals surface area contributed by atoms with E-state index in [9.17, 15) is 19.7 Å². The van der Waals surface area contributed by atoms with Gasteiger partial charge in [-0.2, -0.15) is 5.10 Å². The lowest BCUT2D eigenvalue weighted by molar-refractivity contribution is -0.384. The lowest BCUT2D eigenvalue weighted by Gasteiger charge is -2.10. The van der Waals surface area contributed by atoms with Gasteiger partial charge >= 0.3 is 0 Å². The minimum atomic E-state index is -0.478. The Bertz CT molecular complexity index is 1090. The number of aromatic nitrogens is 2. The van der Waals surface area contributed by atoms with E-state index in [0.717, 1.165) is 0 Å². The first-order chi connectivity index (χ1) is 14.2. The van der Waals surface area contributed by atoms with Crippen molar-refractivity contribution in [3.8, 4) is 5.69 Å². The van der Waals surface area contributed by atoms with Gasteiger partial charge in [-0.3, -0.25) is 19.7 Å². The van der Waals surface area contributed by atoms with Crippen LogP contribution in [0.5, 0.6) is 0 Å². The van der Waals surface area contributed by atoms with Crippen molar-refractivity contribution >= 4 is 29.0 Å². The third kappa shape index (κ3) is 4.69. The second-order valence-electron chi connectivity index (χ2n) is 7.03. The van der Waals surface area contributed by atoms with Crippen molar-refractivity contribution in [2.45, 2.75) is 20.8 Å². The van der Waals surface area contributed by atoms with Crippen molar-refractivity contribution in [2.75, 3.05) is 10.6 Å². The standard InChI is InChI=1S/C21H21N5O4/c1-13(2)20(27)22-16-6-4-15(5-7-16)21(28)23-19-12-14(3)24-25(19)17-8-10-18(11-9-17)26(29)30/h4-13H,1-3H3,(H,22,27)(H,23,28). The van der Waals surface area contributed by atoms with Crippen molar-refractivity contribution in [3.63, 3.8) is 0 Å². The maximum atomic E-state index is 12.7. The second-order valence-corrected chi connectivity index (χ2v) is 7.03. The predicted molar refractivity (Wildman–Crippen MR) is 113 cm³/mol. The molecule has 0 radical (unpaired) electrons. The number of carbonyl (C=O) groups is 2. The molecule has 0 atom stereocenters. The fourth-order valence-electron chi connectivity index (χ4n) is 2.68. The SMILES string of the molecule is Cc1cc(NC(=O)c2ccc(NC(=O)C(C)C)cc2)n(-c2ccc([N+](=O)[O-])cc2)n1. The quantitative estimate of drug-likeness (QED) is 0.474. The van der Waals surface area contributed by atoms with E-state index in [0.29, 0.717) is 28.5 Å². The van der Waals surface area contributed by atoms with E-state index in [2.05, 4.69) is 15.7 Å². The summed E-state index contributed by atoms with van der Waals surface area (Å²) in [6, 6.07) is 14.1. The highest BCUT2D eigenvalue weighted by Gasteiger charge is 2.14. The Morgan fingerprint density at radius 1 is 1.03 bits per heavy atom. The number of carbonyl (C=O) groups excluding carboxylic acids is 2. The zero-order valence-corrected chi connectivity index (χ0v) is 16.7. The number of non-ortho nitro benzene ring substituents is 1. The molecule has 0 spiro atoms. The van der Waals surface area contributed by atoms with E-state index >= 15 is 0 Å². The highest BCUT2D eigenvalue weighted by molar-refractivity contribution is 6.04. The summed E-state index contributed by atoms with van der Waals surface area (Å²) in [6.07, 6.45) is 0. The molecule has 30 heavy (non-hydrogen) atoms. The first kappa shape index (κ1) is 20.7. The van der Waals surface area contributed by atoms with Crippen LogP contribution in [-0.2, 0) is 4.79 Å². The summed E-state index contributed by atoms with van der Waals surface area (Å²) in [5, 5.41) is 20.8. The molecule has 9 heteroatoms. The molecule has 1 aromatic heterocycles. The Balaban J connectivity index is 1.77. The second kappa shape index (κ2) is 8.56. The molecule has 9 nitrogen and oxygen atoms in total. The molecule has 0 aliphatic heterocycles. The molecule has 0 aliphatic rings. The maximum Gasteiger partial charge on any atom is 0.269 e. The molecule has 154 valence electrons. The number of benzene rings is 2. The Kier molecular flexibility index (Phi) is 5.91. The lowest BCUT2D eigenvalue weighted by Crippen LogP contribution is -2.18. The van der Waals surface area contributed by atoms with E-state index in [1.54, 1.807) is 63.2 Å². The number of nitro benzene ring substituents is 1. The van der Waals surface area contributed by atoms with Crippen LogP contribution < -0.4 is 10.6 Å². The van der Waals surface area contributed by atoms with E-state index in [1.165, 1.54) is 16.8 Å². The number of anilines is 2. The summed E-state index contributed by atoms with van der Waals surface area (Å²) in [7, 11) is 0. The van der Waals surface area contributed by atoms with Gasteiger partial charge in [0.1, 0.15) is 5.82 Å². The average molecular weight is 407 g/mol. The molecule has 0 fully saturated rings. The number of hydrogen-bond acceptors (Lipinski definition) is 5. The van der Waals surface area contributed by atoms with Crippen molar-refractivity contribution in [2.24, 2.45) is 5.92 Å². The Morgan fingerprint density at radius 2 is 1.67 bits per heavy atom. The molecule has 2 N–H and O–H groups in total. The monoisotopic (exact) mass is 407 g/mol. The number of amides is 2. The number of nitro groups is 1. The first-order valence-corrected chi connectivity index (χ1v) is 9.28. The molecule has 0 aliphatic carbocycles. The van der Waals surface area contributed by atoms with Crippen molar-refractivity contribution < 1.29 is 14.5 Å². The molecule has 3 rings (SSSR count). The summed E-state index contributed by atoms with van der Waals surface area (Å²) in [4.78, 5) is 34.8. The zero-order valence-electron chi connectivity index (χ0n) is 16.7. The Hall–Kier alpha value is -4.01. The van der Waals surface area contributed by atoms with Gasteiger partial charge in [-0.15, -0.1) is 0 Å². The Labute approximate surface area is 172 Å². The molecular weight excluding hydrogens is 386 g/mol. The molecule has 1 heterocycles. The molecule has 3 aromatic rings. The molecule has 0 bridgehead atoms. The van der Waals surface area contributed by atoms with Crippen LogP contribution in [0, 0.1) is 23.0 Å². The third-order valence-corrected chi connectivity index (χ3v) is 4.32. The van der Waals surface area contributed by atoms with Gasteiger partial charge in [-0.05, 0) is 43.3 Å². The molecule has 2 amide bonds. The van der Waals surface area contributed by atoms with E-state index in [-0.39, 0.29) is 23.4 Å². The summed E-state index contributed by atoms with van der Waals surface area (Å²) in [5.74, 6) is -0.158. The van der Waals surface area contributed by atoms with Crippen LogP contribution in [0.4, 0.5) is 17.2 Å². The fraction of sp³-hybridized carbons (Fsp3) is 0.190. The highest BCUT2D eigenvalue weighted by Crippen LogP contribution is 2.21. The smallest absolute Gasteiger partial charge is 0.269 e. The summed E-state index contributed by atoms with van der Waals surface area (Å²) in [6.45, 7) is 5.38. The maximum absolute atomic E-state index is 12.7. The molecule has 0 saturated carbocycles. The van der Waals surface area contributed by atoms with Crippen LogP contribution in [0.1, 0.15) is 29.9 Å². The topological polar surface area (TPSA) is 119 Å². The number of hydrogen-bond donors (Lipinski definition) is 2. The van der Waals surface area contributed by atoms with Crippen molar-refractivity contribution in [1.29, 1.82) is 0 Å². The van der Waals surface area contributed by atoms with E-state index in [4.69, 9.17) is 0 Å². The van der Waals surface area contributed by atoms with Crippen LogP contribution in [0.3, 0.4) is 0 Å². The van der Waals surface area contributed by atoms with Gasteiger partial charge in [-0.1, -0.05) is 13.8 Å². The number of rotatable bonds is 6. The van der Waals surface area contributed by atoms with Gasteiger partial charge in [-0.25, -0.2) is 4.68 Å². The number of nitrogens with zero attached hydrogens (tertiary/aromatic N) is 3. The third-order valence-electron chi connectivity index (χ3n) is 4.32. The van der Waals surface area contributed by atoms with Crippen LogP contribution in [-0.4, -0.2) is 26.5 Å². The number of nitrogens with one attached hydrogen (secondary N) is 2. The molecule has 2 aromatic carbocycles. The minimum Gasteiger partial charge on any atom is -0.326 e. The van der Waals surface area contributed by atoms with Crippen LogP contribution in [0.15, 0.2) is 54.6 Å². The van der Waals surface area contributed by atoms with Crippen molar-refractivity contribution in [1.82, 2.24) is 9.78 Å². The zero-order chi connectivity index (χ0) is 21.8. The summed E-state index contributed by atoms with van der Waals surface area (Å²) >= 11 is 0. The van der Waals surface area contributed by atoms with Crippen LogP contribution >= 0.6 is 0 Å². The summed E-state index contributed by atoms with van der Waals surface area (Å²) < 4.78 is 1.51. The largest absolute Gasteiger partial charge is 0.326 e. The van der Waals surface area contributed by atoms with Gasteiger partial charge < -0.3 is 10.6 Å². The van der Waals surface area contributed by atoms with Gasteiger partial charge in [0.2, 0.25) is 5.91 Å². The van der Waals surface area contributed by atoms with Gasteiger partial charge in [0, 0.05) is 35.4 Å². The predicted octanol–water partition coefficient (Wildman–Crippen LogP) is 3.94. The van der Waals surface area contributed by atoms with E-state index < -0.39 is 4.92 Å². The first-order valence-electron chi connectivity index (χ1n) is 9.28. The fourth-order valence-corrected chi connectivity index (χ4v) is 2.68. The average Bonchev–Trinajstić information content (AvgIpc) is 3.08. The molecular formula is C21H21N5O4. The Morgan fingerprint density at radius 3 is 2.23 bits per heavy atom. The normalized spacial score (nSPS) is 10.7. The number of aryl methyl sites for hydroxylation is 1. The minimum absolute atomic E-state index is 0.0298. The molecule has 0 unspecified atom stereocenters. The highest BCUT2D eigenvalue weighted by atomic mass is 16.6. The van der Waals surface area contributed by atoms with Crippen LogP contribution in [0.2, 0.25) is 0 Å². The lowest BCUT2D eigenvalue weighted by atomic mass is 10.1.